The van der Waals surface area contributed by atoms with Crippen LogP contribution < -0.4 is 4.83 Å². The molecule has 0 spiro atoms. The molecule has 0 saturated heterocycles. The molecule has 1 aromatic rings. The molecule has 0 radical (unpaired) electrons. The summed E-state index contributed by atoms with van der Waals surface area (Å²) in [5, 5.41) is 3.89. The van der Waals surface area contributed by atoms with Gasteiger partial charge in [0.2, 0.25) is 0 Å². The maximum atomic E-state index is 11.9. The minimum absolute atomic E-state index is 0.231. The van der Waals surface area contributed by atoms with Crippen molar-refractivity contribution in [1.29, 1.82) is 0 Å². The third-order valence-electron chi connectivity index (χ3n) is 2.52. The van der Waals surface area contributed by atoms with Crippen LogP contribution in [0.1, 0.15) is 18.4 Å². The van der Waals surface area contributed by atoms with Crippen molar-refractivity contribution in [3.63, 3.8) is 0 Å². The third-order valence-corrected chi connectivity index (χ3v) is 3.74. The first-order valence-electron chi connectivity index (χ1n) is 5.39. The fraction of sp³-hybridized carbons (Fsp3) is 0.250. The van der Waals surface area contributed by atoms with Gasteiger partial charge in [0.05, 0.1) is 10.6 Å². The van der Waals surface area contributed by atoms with Crippen molar-refractivity contribution in [2.75, 3.05) is 0 Å². The molecular formula is C12H14N2O2S. The van der Waals surface area contributed by atoms with Gasteiger partial charge in [-0.25, -0.2) is 0 Å². The Kier molecular flexibility index (Phi) is 3.28. The van der Waals surface area contributed by atoms with Crippen molar-refractivity contribution in [3.05, 3.63) is 42.0 Å². The third kappa shape index (κ3) is 2.94. The number of hydrogen-bond donors (Lipinski definition) is 1. The maximum Gasteiger partial charge on any atom is 0.276 e. The van der Waals surface area contributed by atoms with Gasteiger partial charge in [-0.2, -0.15) is 18.4 Å². The van der Waals surface area contributed by atoms with Crippen molar-refractivity contribution >= 4 is 15.7 Å². The zero-order chi connectivity index (χ0) is 12.3. The van der Waals surface area contributed by atoms with E-state index in [4.69, 9.17) is 0 Å². The number of hydrazone groups is 1. The van der Waals surface area contributed by atoms with E-state index in [1.54, 1.807) is 24.3 Å². The van der Waals surface area contributed by atoms with E-state index in [-0.39, 0.29) is 4.90 Å². The van der Waals surface area contributed by atoms with Crippen LogP contribution >= 0.6 is 0 Å². The fourth-order valence-corrected chi connectivity index (χ4v) is 2.35. The second-order valence-electron chi connectivity index (χ2n) is 3.95. The molecule has 5 heteroatoms. The predicted octanol–water partition coefficient (Wildman–Crippen LogP) is 1.98. The van der Waals surface area contributed by atoms with Crippen LogP contribution in [0.3, 0.4) is 0 Å². The quantitative estimate of drug-likeness (QED) is 0.834. The summed E-state index contributed by atoms with van der Waals surface area (Å²) in [6.07, 6.45) is 5.51. The van der Waals surface area contributed by atoms with Gasteiger partial charge in [0.1, 0.15) is 0 Å². The molecule has 4 nitrogen and oxygen atoms in total. The Balaban J connectivity index is 2.16. The van der Waals surface area contributed by atoms with Gasteiger partial charge in [-0.15, -0.1) is 0 Å². The Labute approximate surface area is 101 Å². The minimum atomic E-state index is -3.54. The molecule has 0 unspecified atom stereocenters. The Morgan fingerprint density at radius 1 is 1.24 bits per heavy atom. The van der Waals surface area contributed by atoms with E-state index >= 15 is 0 Å². The molecule has 0 aromatic heterocycles. The molecule has 0 aliphatic heterocycles. The Morgan fingerprint density at radius 2 is 1.94 bits per heavy atom. The van der Waals surface area contributed by atoms with Gasteiger partial charge >= 0.3 is 0 Å². The summed E-state index contributed by atoms with van der Waals surface area (Å²) in [5.74, 6) is 0. The molecule has 0 bridgehead atoms. The van der Waals surface area contributed by atoms with Gasteiger partial charge in [-0.05, 0) is 38.0 Å². The second kappa shape index (κ2) is 4.71. The van der Waals surface area contributed by atoms with Gasteiger partial charge < -0.3 is 0 Å². The van der Waals surface area contributed by atoms with Crippen molar-refractivity contribution < 1.29 is 8.42 Å². The van der Waals surface area contributed by atoms with E-state index in [0.717, 1.165) is 24.1 Å². The van der Waals surface area contributed by atoms with Crippen LogP contribution in [0.25, 0.3) is 0 Å². The van der Waals surface area contributed by atoms with Gasteiger partial charge in [-0.3, -0.25) is 0 Å². The van der Waals surface area contributed by atoms with E-state index < -0.39 is 10.0 Å². The second-order valence-corrected chi connectivity index (χ2v) is 5.61. The molecule has 0 fully saturated rings. The highest BCUT2D eigenvalue weighted by Crippen LogP contribution is 2.10. The van der Waals surface area contributed by atoms with Crippen molar-refractivity contribution in [2.24, 2.45) is 5.10 Å². The lowest BCUT2D eigenvalue weighted by molar-refractivity contribution is 0.584. The highest BCUT2D eigenvalue weighted by Gasteiger charge is 2.12. The first-order chi connectivity index (χ1) is 8.08. The zero-order valence-corrected chi connectivity index (χ0v) is 10.4. The lowest BCUT2D eigenvalue weighted by atomic mass is 10.2. The fourth-order valence-electron chi connectivity index (χ4n) is 1.52. The van der Waals surface area contributed by atoms with Crippen LogP contribution in [0, 0.1) is 6.92 Å². The van der Waals surface area contributed by atoms with E-state index in [0.29, 0.717) is 0 Å². The monoisotopic (exact) mass is 250 g/mol. The Bertz CT molecular complexity index is 557. The molecule has 1 aliphatic rings. The number of allylic oxidation sites excluding steroid dienone is 2. The highest BCUT2D eigenvalue weighted by molar-refractivity contribution is 7.89. The number of nitrogens with zero attached hydrogens (tertiary/aromatic N) is 1. The van der Waals surface area contributed by atoms with E-state index in [1.165, 1.54) is 0 Å². The summed E-state index contributed by atoms with van der Waals surface area (Å²) in [5.41, 5.74) is 1.79. The molecule has 1 aromatic carbocycles. The van der Waals surface area contributed by atoms with Crippen LogP contribution in [0.2, 0.25) is 0 Å². The normalized spacial score (nSPS) is 17.6. The van der Waals surface area contributed by atoms with E-state index in [2.05, 4.69) is 9.93 Å². The molecule has 2 rings (SSSR count). The SMILES string of the molecule is Cc1ccc(S(=O)(=O)N/N=C2/C=CCC2)cc1. The average molecular weight is 250 g/mol. The summed E-state index contributed by atoms with van der Waals surface area (Å²) in [6.45, 7) is 1.91. The van der Waals surface area contributed by atoms with Crippen LogP contribution in [-0.2, 0) is 10.0 Å². The van der Waals surface area contributed by atoms with Crippen LogP contribution in [0.5, 0.6) is 0 Å². The predicted molar refractivity (Wildman–Crippen MR) is 67.3 cm³/mol. The highest BCUT2D eigenvalue weighted by atomic mass is 32.2. The van der Waals surface area contributed by atoms with Gasteiger partial charge in [-0.1, -0.05) is 23.8 Å². The minimum Gasteiger partial charge on any atom is -0.200 e. The number of rotatable bonds is 3. The van der Waals surface area contributed by atoms with Crippen LogP contribution in [0.15, 0.2) is 46.4 Å². The zero-order valence-electron chi connectivity index (χ0n) is 9.55. The summed E-state index contributed by atoms with van der Waals surface area (Å²) in [7, 11) is -3.54. The Hall–Kier alpha value is -1.62. The average Bonchev–Trinajstić information content (AvgIpc) is 2.80. The van der Waals surface area contributed by atoms with Crippen molar-refractivity contribution in [2.45, 2.75) is 24.7 Å². The van der Waals surface area contributed by atoms with Gasteiger partial charge in [0, 0.05) is 0 Å². The van der Waals surface area contributed by atoms with Crippen LogP contribution in [0.4, 0.5) is 0 Å². The first kappa shape index (κ1) is 11.9. The number of sulfonamides is 1. The lowest BCUT2D eigenvalue weighted by Crippen LogP contribution is -2.19. The number of benzene rings is 1. The molecule has 1 N–H and O–H groups in total. The van der Waals surface area contributed by atoms with E-state index in [9.17, 15) is 8.42 Å². The smallest absolute Gasteiger partial charge is 0.200 e. The van der Waals surface area contributed by atoms with E-state index in [1.807, 2.05) is 19.1 Å². The molecule has 1 aliphatic carbocycles. The standard InChI is InChI=1S/C12H14N2O2S/c1-10-6-8-12(9-7-10)17(15,16)14-13-11-4-2-3-5-11/h2,4,6-9,14H,3,5H2,1H3/b13-11-. The summed E-state index contributed by atoms with van der Waals surface area (Å²) < 4.78 is 23.7. The number of aryl methyl sites for hydroxylation is 1. The Morgan fingerprint density at radius 3 is 2.53 bits per heavy atom. The summed E-state index contributed by atoms with van der Waals surface area (Å²) in [4.78, 5) is 2.48. The number of nitrogens with one attached hydrogen (secondary N) is 1. The topological polar surface area (TPSA) is 58.5 Å². The maximum absolute atomic E-state index is 11.9. The molecule has 17 heavy (non-hydrogen) atoms. The van der Waals surface area contributed by atoms with Crippen molar-refractivity contribution in [1.82, 2.24) is 4.83 Å². The molecule has 0 saturated carbocycles. The summed E-state index contributed by atoms with van der Waals surface area (Å²) in [6, 6.07) is 6.67. The molecular weight excluding hydrogens is 236 g/mol. The molecule has 0 heterocycles. The van der Waals surface area contributed by atoms with Gasteiger partial charge in [0.25, 0.3) is 10.0 Å². The molecule has 90 valence electrons. The lowest BCUT2D eigenvalue weighted by Gasteiger charge is -2.04. The van der Waals surface area contributed by atoms with Crippen LogP contribution in [-0.4, -0.2) is 14.1 Å². The molecule has 0 amide bonds. The summed E-state index contributed by atoms with van der Waals surface area (Å²) >= 11 is 0. The largest absolute Gasteiger partial charge is 0.276 e. The number of hydrogen-bond acceptors (Lipinski definition) is 3. The molecule has 0 atom stereocenters. The first-order valence-corrected chi connectivity index (χ1v) is 6.88. The van der Waals surface area contributed by atoms with Crippen molar-refractivity contribution in [3.8, 4) is 0 Å². The van der Waals surface area contributed by atoms with Gasteiger partial charge in [0.15, 0.2) is 0 Å².